The topological polar surface area (TPSA) is 91.6 Å². The lowest BCUT2D eigenvalue weighted by atomic mass is 10.2. The molecule has 0 spiro atoms. The molecule has 3 rings (SSSR count). The molecule has 6 nitrogen and oxygen atoms in total. The second kappa shape index (κ2) is 9.73. The normalized spacial score (nSPS) is 11.2. The molecule has 0 saturated heterocycles. The Labute approximate surface area is 172 Å². The van der Waals surface area contributed by atoms with Crippen LogP contribution in [0.2, 0.25) is 5.02 Å². The maximum atomic E-state index is 12.5. The van der Waals surface area contributed by atoms with Crippen LogP contribution in [0.4, 0.5) is 0 Å². The van der Waals surface area contributed by atoms with Crippen LogP contribution >= 0.6 is 11.6 Å². The van der Waals surface area contributed by atoms with Gasteiger partial charge in [0.05, 0.1) is 6.61 Å². The van der Waals surface area contributed by atoms with Gasteiger partial charge in [-0.15, -0.1) is 0 Å². The number of halogens is 1. The highest BCUT2D eigenvalue weighted by Crippen LogP contribution is 2.24. The lowest BCUT2D eigenvalue weighted by molar-refractivity contribution is -0.117. The molecule has 3 aromatic rings. The summed E-state index contributed by atoms with van der Waals surface area (Å²) in [6.07, 6.45) is 1.44. The molecule has 1 heterocycles. The van der Waals surface area contributed by atoms with Crippen LogP contribution < -0.4 is 10.6 Å². The molecule has 0 saturated carbocycles. The van der Waals surface area contributed by atoms with Crippen molar-refractivity contribution in [2.24, 2.45) is 0 Å². The van der Waals surface area contributed by atoms with Gasteiger partial charge in [-0.2, -0.15) is 0 Å². The van der Waals surface area contributed by atoms with Gasteiger partial charge in [-0.3, -0.25) is 9.59 Å². The molecule has 0 atom stereocenters. The van der Waals surface area contributed by atoms with Gasteiger partial charge in [-0.1, -0.05) is 29.8 Å². The average Bonchev–Trinajstić information content (AvgIpc) is 3.21. The van der Waals surface area contributed by atoms with E-state index in [4.69, 9.17) is 21.1 Å². The lowest BCUT2D eigenvalue weighted by Crippen LogP contribution is -2.36. The summed E-state index contributed by atoms with van der Waals surface area (Å²) < 4.78 is 5.78. The highest BCUT2D eigenvalue weighted by Gasteiger charge is 2.15. The van der Waals surface area contributed by atoms with Crippen LogP contribution in [0.25, 0.3) is 17.4 Å². The number of rotatable bonds is 7. The minimum atomic E-state index is -0.534. The molecule has 0 unspecified atom stereocenters. The van der Waals surface area contributed by atoms with E-state index in [2.05, 4.69) is 10.6 Å². The summed E-state index contributed by atoms with van der Waals surface area (Å²) in [6.45, 7) is -0.154. The number of carbonyl (C=O) groups is 2. The van der Waals surface area contributed by atoms with Crippen molar-refractivity contribution in [1.82, 2.24) is 10.6 Å². The smallest absolute Gasteiger partial charge is 0.268 e. The molecule has 0 bridgehead atoms. The van der Waals surface area contributed by atoms with Crippen LogP contribution in [0.5, 0.6) is 0 Å². The fourth-order valence-electron chi connectivity index (χ4n) is 2.55. The standard InChI is InChI=1S/C22H19ClN2O4/c23-17-8-6-15(7-9-17)20-11-10-18(29-20)14-19(22(28)24-12-13-26)25-21(27)16-4-2-1-3-5-16/h1-11,14,26H,12-13H2,(H,24,28)(H,25,27). The molecule has 2 amide bonds. The molecule has 29 heavy (non-hydrogen) atoms. The molecule has 0 aliphatic carbocycles. The number of aliphatic hydroxyl groups excluding tert-OH is 1. The summed E-state index contributed by atoms with van der Waals surface area (Å²) in [7, 11) is 0. The van der Waals surface area contributed by atoms with E-state index in [9.17, 15) is 9.59 Å². The van der Waals surface area contributed by atoms with E-state index in [1.54, 1.807) is 54.6 Å². The first-order chi connectivity index (χ1) is 14.1. The Balaban J connectivity index is 1.85. The fourth-order valence-corrected chi connectivity index (χ4v) is 2.68. The zero-order chi connectivity index (χ0) is 20.6. The van der Waals surface area contributed by atoms with Gasteiger partial charge >= 0.3 is 0 Å². The third-order valence-corrected chi connectivity index (χ3v) is 4.22. The summed E-state index contributed by atoms with van der Waals surface area (Å²) >= 11 is 5.91. The molecule has 0 fully saturated rings. The number of benzene rings is 2. The Bertz CT molecular complexity index is 1010. The third-order valence-electron chi connectivity index (χ3n) is 3.97. The lowest BCUT2D eigenvalue weighted by Gasteiger charge is -2.10. The minimum absolute atomic E-state index is 0.00399. The molecule has 2 aromatic carbocycles. The molecule has 0 aliphatic rings. The van der Waals surface area contributed by atoms with E-state index >= 15 is 0 Å². The highest BCUT2D eigenvalue weighted by atomic mass is 35.5. The molecular formula is C22H19ClN2O4. The SMILES string of the molecule is O=C(NCCO)C(=Cc1ccc(-c2ccc(Cl)cc2)o1)NC(=O)c1ccccc1. The van der Waals surface area contributed by atoms with Crippen LogP contribution in [0, 0.1) is 0 Å². The Kier molecular flexibility index (Phi) is 6.84. The monoisotopic (exact) mass is 410 g/mol. The van der Waals surface area contributed by atoms with E-state index in [1.807, 2.05) is 12.1 Å². The van der Waals surface area contributed by atoms with E-state index in [1.165, 1.54) is 6.08 Å². The summed E-state index contributed by atoms with van der Waals surface area (Å²) in [5.41, 5.74) is 1.24. The summed E-state index contributed by atoms with van der Waals surface area (Å²) in [5, 5.41) is 14.7. The van der Waals surface area contributed by atoms with Crippen molar-refractivity contribution in [2.75, 3.05) is 13.2 Å². The first kappa shape index (κ1) is 20.4. The number of hydrogen-bond donors (Lipinski definition) is 3. The van der Waals surface area contributed by atoms with Crippen molar-refractivity contribution in [3.8, 4) is 11.3 Å². The van der Waals surface area contributed by atoms with E-state index in [0.29, 0.717) is 22.1 Å². The predicted octanol–water partition coefficient (Wildman–Crippen LogP) is 3.48. The van der Waals surface area contributed by atoms with Crippen molar-refractivity contribution >= 4 is 29.5 Å². The van der Waals surface area contributed by atoms with Crippen LogP contribution in [0.1, 0.15) is 16.1 Å². The number of furan rings is 1. The van der Waals surface area contributed by atoms with Gasteiger partial charge in [0.25, 0.3) is 11.8 Å². The van der Waals surface area contributed by atoms with Crippen LogP contribution in [-0.2, 0) is 4.79 Å². The van der Waals surface area contributed by atoms with Crippen molar-refractivity contribution in [2.45, 2.75) is 0 Å². The van der Waals surface area contributed by atoms with Crippen LogP contribution in [-0.4, -0.2) is 30.1 Å². The van der Waals surface area contributed by atoms with Crippen molar-refractivity contribution in [1.29, 1.82) is 0 Å². The first-order valence-corrected chi connectivity index (χ1v) is 9.27. The molecule has 1 aromatic heterocycles. The number of aliphatic hydroxyl groups is 1. The number of hydrogen-bond acceptors (Lipinski definition) is 4. The zero-order valence-electron chi connectivity index (χ0n) is 15.4. The molecule has 7 heteroatoms. The van der Waals surface area contributed by atoms with Crippen LogP contribution in [0.3, 0.4) is 0 Å². The summed E-state index contributed by atoms with van der Waals surface area (Å²) in [6, 6.07) is 19.1. The first-order valence-electron chi connectivity index (χ1n) is 8.90. The number of carbonyl (C=O) groups excluding carboxylic acids is 2. The molecule has 0 radical (unpaired) electrons. The van der Waals surface area contributed by atoms with Crippen molar-refractivity contribution in [3.63, 3.8) is 0 Å². The predicted molar refractivity (Wildman–Crippen MR) is 111 cm³/mol. The Morgan fingerprint density at radius 1 is 1.00 bits per heavy atom. The van der Waals surface area contributed by atoms with Crippen molar-refractivity contribution in [3.05, 3.63) is 88.8 Å². The Hall–Kier alpha value is -3.35. The fraction of sp³-hybridized carbons (Fsp3) is 0.0909. The van der Waals surface area contributed by atoms with Gasteiger partial charge < -0.3 is 20.2 Å². The van der Waals surface area contributed by atoms with Gasteiger partial charge in [0, 0.05) is 28.8 Å². The van der Waals surface area contributed by atoms with Gasteiger partial charge in [0.1, 0.15) is 17.2 Å². The minimum Gasteiger partial charge on any atom is -0.457 e. The quantitative estimate of drug-likeness (QED) is 0.520. The van der Waals surface area contributed by atoms with Gasteiger partial charge in [-0.25, -0.2) is 0 Å². The van der Waals surface area contributed by atoms with Crippen LogP contribution in [0.15, 0.2) is 76.8 Å². The molecular weight excluding hydrogens is 392 g/mol. The van der Waals surface area contributed by atoms with E-state index in [0.717, 1.165) is 5.56 Å². The highest BCUT2D eigenvalue weighted by molar-refractivity contribution is 6.30. The number of nitrogens with one attached hydrogen (secondary N) is 2. The van der Waals surface area contributed by atoms with E-state index < -0.39 is 11.8 Å². The molecule has 3 N–H and O–H groups in total. The number of amides is 2. The second-order valence-electron chi connectivity index (χ2n) is 6.07. The van der Waals surface area contributed by atoms with Gasteiger partial charge in [0.15, 0.2) is 0 Å². The molecule has 148 valence electrons. The van der Waals surface area contributed by atoms with Gasteiger partial charge in [-0.05, 0) is 48.5 Å². The maximum Gasteiger partial charge on any atom is 0.268 e. The summed E-state index contributed by atoms with van der Waals surface area (Å²) in [5.74, 6) is 0.0168. The van der Waals surface area contributed by atoms with E-state index in [-0.39, 0.29) is 18.8 Å². The Morgan fingerprint density at radius 3 is 2.41 bits per heavy atom. The Morgan fingerprint density at radius 2 is 1.72 bits per heavy atom. The maximum absolute atomic E-state index is 12.5. The van der Waals surface area contributed by atoms with Gasteiger partial charge in [0.2, 0.25) is 0 Å². The average molecular weight is 411 g/mol. The third kappa shape index (κ3) is 5.57. The van der Waals surface area contributed by atoms with Crippen molar-refractivity contribution < 1.29 is 19.1 Å². The molecule has 0 aliphatic heterocycles. The second-order valence-corrected chi connectivity index (χ2v) is 6.50. The summed E-state index contributed by atoms with van der Waals surface area (Å²) in [4.78, 5) is 24.9. The largest absolute Gasteiger partial charge is 0.457 e. The zero-order valence-corrected chi connectivity index (χ0v) is 16.1.